The van der Waals surface area contributed by atoms with E-state index in [2.05, 4.69) is 0 Å². The number of aromatic nitrogens is 1. The summed E-state index contributed by atoms with van der Waals surface area (Å²) in [6.45, 7) is 0.727. The minimum atomic E-state index is -0.702. The molecule has 6 nitrogen and oxygen atoms in total. The molecule has 6 heteroatoms. The first-order chi connectivity index (χ1) is 11.1. The Kier molecular flexibility index (Phi) is 4.09. The molecule has 1 fully saturated rings. The first-order valence-electron chi connectivity index (χ1n) is 7.77. The summed E-state index contributed by atoms with van der Waals surface area (Å²) < 4.78 is 7.43. The van der Waals surface area contributed by atoms with E-state index in [4.69, 9.17) is 10.5 Å². The molecular weight excluding hydrogens is 294 g/mol. The van der Waals surface area contributed by atoms with Crippen LogP contribution < -0.4 is 16.1 Å². The van der Waals surface area contributed by atoms with Crippen LogP contribution in [0.3, 0.4) is 0 Å². The minimum absolute atomic E-state index is 0.0372. The molecule has 23 heavy (non-hydrogen) atoms. The van der Waals surface area contributed by atoms with Gasteiger partial charge < -0.3 is 19.9 Å². The lowest BCUT2D eigenvalue weighted by Gasteiger charge is -2.38. The fourth-order valence-corrected chi connectivity index (χ4v) is 3.42. The van der Waals surface area contributed by atoms with Gasteiger partial charge in [-0.2, -0.15) is 0 Å². The van der Waals surface area contributed by atoms with Crippen LogP contribution in [-0.4, -0.2) is 30.4 Å². The first kappa shape index (κ1) is 15.6. The van der Waals surface area contributed by atoms with Crippen molar-refractivity contribution in [3.05, 3.63) is 40.1 Å². The highest BCUT2D eigenvalue weighted by Crippen LogP contribution is 2.29. The third-order valence-corrected chi connectivity index (χ3v) is 4.52. The van der Waals surface area contributed by atoms with Gasteiger partial charge in [-0.1, -0.05) is 12.1 Å². The molecule has 1 aliphatic rings. The number of carbonyl (C=O) groups excluding carboxylic acids is 1. The van der Waals surface area contributed by atoms with Gasteiger partial charge in [0, 0.05) is 26.1 Å². The third kappa shape index (κ3) is 2.49. The number of methoxy groups -OCH3 is 1. The van der Waals surface area contributed by atoms with Gasteiger partial charge in [0.15, 0.2) is 0 Å². The monoisotopic (exact) mass is 315 g/mol. The number of hydrogen-bond donors (Lipinski definition) is 1. The third-order valence-electron chi connectivity index (χ3n) is 4.52. The zero-order chi connectivity index (χ0) is 16.6. The predicted octanol–water partition coefficient (Wildman–Crippen LogP) is 1.60. The van der Waals surface area contributed by atoms with E-state index in [0.29, 0.717) is 11.2 Å². The average molecular weight is 315 g/mol. The minimum Gasteiger partial charge on any atom is -0.365 e. The number of para-hydroxylation sites is 1. The van der Waals surface area contributed by atoms with Gasteiger partial charge in [-0.05, 0) is 31.4 Å². The highest BCUT2D eigenvalue weighted by Gasteiger charge is 2.30. The Labute approximate surface area is 134 Å². The topological polar surface area (TPSA) is 77.6 Å². The molecule has 2 N–H and O–H groups in total. The number of pyridine rings is 1. The van der Waals surface area contributed by atoms with E-state index in [1.54, 1.807) is 19.2 Å². The van der Waals surface area contributed by atoms with Crippen molar-refractivity contribution in [2.45, 2.75) is 25.5 Å². The zero-order valence-corrected chi connectivity index (χ0v) is 13.4. The second-order valence-electron chi connectivity index (χ2n) is 5.85. The lowest BCUT2D eigenvalue weighted by atomic mass is 10.1. The lowest BCUT2D eigenvalue weighted by molar-refractivity contribution is 0.0769. The number of ether oxygens (including phenoxy) is 1. The SMILES string of the molecule is COC1CCCCN1c1c(C(N)=O)c(=O)c2ccccc2n1C. The summed E-state index contributed by atoms with van der Waals surface area (Å²) in [5.41, 5.74) is 6.04. The fourth-order valence-electron chi connectivity index (χ4n) is 3.42. The molecule has 0 spiro atoms. The van der Waals surface area contributed by atoms with Crippen molar-refractivity contribution < 1.29 is 9.53 Å². The first-order valence-corrected chi connectivity index (χ1v) is 7.77. The number of rotatable bonds is 3. The Balaban J connectivity index is 2.34. The number of primary amides is 1. The number of aryl methyl sites for hydroxylation is 1. The van der Waals surface area contributed by atoms with E-state index >= 15 is 0 Å². The number of piperidine rings is 1. The summed E-state index contributed by atoms with van der Waals surface area (Å²) in [5, 5.41) is 0.499. The quantitative estimate of drug-likeness (QED) is 0.933. The lowest BCUT2D eigenvalue weighted by Crippen LogP contribution is -2.44. The summed E-state index contributed by atoms with van der Waals surface area (Å²) in [5.74, 6) is -0.153. The molecule has 0 bridgehead atoms. The van der Waals surface area contributed by atoms with Crippen molar-refractivity contribution in [2.24, 2.45) is 12.8 Å². The maximum Gasteiger partial charge on any atom is 0.256 e. The maximum absolute atomic E-state index is 12.8. The van der Waals surface area contributed by atoms with Gasteiger partial charge in [0.05, 0.1) is 5.52 Å². The Morgan fingerprint density at radius 1 is 1.30 bits per heavy atom. The van der Waals surface area contributed by atoms with Gasteiger partial charge in [-0.25, -0.2) is 0 Å². The molecule has 1 saturated heterocycles. The van der Waals surface area contributed by atoms with E-state index in [1.807, 2.05) is 28.6 Å². The standard InChI is InChI=1S/C17H21N3O3/c1-19-12-8-4-3-7-11(12)15(21)14(16(18)22)17(19)20-10-6-5-9-13(20)23-2/h3-4,7-8,13H,5-6,9-10H2,1-2H3,(H2,18,22). The van der Waals surface area contributed by atoms with Crippen molar-refractivity contribution in [1.29, 1.82) is 0 Å². The van der Waals surface area contributed by atoms with Crippen molar-refractivity contribution in [3.63, 3.8) is 0 Å². The van der Waals surface area contributed by atoms with E-state index in [1.165, 1.54) is 0 Å². The Bertz CT molecular complexity index is 813. The molecule has 0 aliphatic carbocycles. The van der Waals surface area contributed by atoms with Gasteiger partial charge in [0.1, 0.15) is 17.6 Å². The van der Waals surface area contributed by atoms with Crippen LogP contribution in [0.2, 0.25) is 0 Å². The second-order valence-corrected chi connectivity index (χ2v) is 5.85. The predicted molar refractivity (Wildman–Crippen MR) is 89.7 cm³/mol. The van der Waals surface area contributed by atoms with E-state index in [0.717, 1.165) is 31.3 Å². The van der Waals surface area contributed by atoms with E-state index in [9.17, 15) is 9.59 Å². The fraction of sp³-hybridized carbons (Fsp3) is 0.412. The Hall–Kier alpha value is -2.34. The van der Waals surface area contributed by atoms with Crippen LogP contribution in [-0.2, 0) is 11.8 Å². The summed E-state index contributed by atoms with van der Waals surface area (Å²) >= 11 is 0. The highest BCUT2D eigenvalue weighted by atomic mass is 16.5. The average Bonchev–Trinajstić information content (AvgIpc) is 2.57. The molecule has 2 aromatic rings. The normalized spacial score (nSPS) is 18.3. The van der Waals surface area contributed by atoms with Gasteiger partial charge in [0.2, 0.25) is 5.43 Å². The molecule has 0 radical (unpaired) electrons. The number of nitrogens with two attached hydrogens (primary N) is 1. The van der Waals surface area contributed by atoms with Gasteiger partial charge in [-0.3, -0.25) is 9.59 Å². The smallest absolute Gasteiger partial charge is 0.256 e. The van der Waals surface area contributed by atoms with Gasteiger partial charge >= 0.3 is 0 Å². The zero-order valence-electron chi connectivity index (χ0n) is 13.4. The summed E-state index contributed by atoms with van der Waals surface area (Å²) in [6, 6.07) is 7.25. The van der Waals surface area contributed by atoms with Crippen molar-refractivity contribution >= 4 is 22.6 Å². The molecule has 1 aromatic heterocycles. The highest BCUT2D eigenvalue weighted by molar-refractivity contribution is 6.01. The molecule has 1 amide bonds. The molecule has 0 saturated carbocycles. The molecule has 122 valence electrons. The second kappa shape index (κ2) is 6.04. The molecular formula is C17H21N3O3. The number of benzene rings is 1. The number of hydrogen-bond acceptors (Lipinski definition) is 4. The largest absolute Gasteiger partial charge is 0.365 e. The Morgan fingerprint density at radius 2 is 2.04 bits per heavy atom. The number of nitrogens with zero attached hydrogens (tertiary/aromatic N) is 2. The number of carbonyl (C=O) groups is 1. The molecule has 2 heterocycles. The van der Waals surface area contributed by atoms with Crippen LogP contribution in [0, 0.1) is 0 Å². The molecule has 1 aliphatic heterocycles. The molecule has 1 unspecified atom stereocenters. The molecule has 1 aromatic carbocycles. The molecule has 3 rings (SSSR count). The maximum atomic E-state index is 12.8. The summed E-state index contributed by atoms with van der Waals surface area (Å²) in [7, 11) is 3.50. The Morgan fingerprint density at radius 3 is 2.74 bits per heavy atom. The van der Waals surface area contributed by atoms with Crippen LogP contribution in [0.4, 0.5) is 5.82 Å². The number of fused-ring (bicyclic) bond motifs is 1. The van der Waals surface area contributed by atoms with Crippen molar-refractivity contribution in [3.8, 4) is 0 Å². The van der Waals surface area contributed by atoms with Crippen LogP contribution in [0.1, 0.15) is 29.6 Å². The van der Waals surface area contributed by atoms with Crippen LogP contribution in [0.15, 0.2) is 29.1 Å². The number of amides is 1. The van der Waals surface area contributed by atoms with E-state index in [-0.39, 0.29) is 17.2 Å². The van der Waals surface area contributed by atoms with Crippen molar-refractivity contribution in [2.75, 3.05) is 18.6 Å². The summed E-state index contributed by atoms with van der Waals surface area (Å²) in [4.78, 5) is 26.8. The van der Waals surface area contributed by atoms with Crippen molar-refractivity contribution in [1.82, 2.24) is 4.57 Å². The number of anilines is 1. The van der Waals surface area contributed by atoms with Crippen LogP contribution >= 0.6 is 0 Å². The van der Waals surface area contributed by atoms with Gasteiger partial charge in [0.25, 0.3) is 5.91 Å². The summed E-state index contributed by atoms with van der Waals surface area (Å²) in [6.07, 6.45) is 2.74. The van der Waals surface area contributed by atoms with Crippen LogP contribution in [0.25, 0.3) is 10.9 Å². The van der Waals surface area contributed by atoms with Gasteiger partial charge in [-0.15, -0.1) is 0 Å². The van der Waals surface area contributed by atoms with Crippen LogP contribution in [0.5, 0.6) is 0 Å². The molecule has 1 atom stereocenters. The van der Waals surface area contributed by atoms with E-state index < -0.39 is 5.91 Å².